The summed E-state index contributed by atoms with van der Waals surface area (Å²) in [6.45, 7) is 0. The van der Waals surface area contributed by atoms with Crippen LogP contribution in [0.4, 0.5) is 10.1 Å². The lowest BCUT2D eigenvalue weighted by atomic mass is 10.3. The Kier molecular flexibility index (Phi) is 2.44. The molecule has 0 heterocycles. The quantitative estimate of drug-likeness (QED) is 0.576. The van der Waals surface area contributed by atoms with Crippen LogP contribution in [0, 0.1) is 17.3 Å². The monoisotopic (exact) mass is 214 g/mol. The van der Waals surface area contributed by atoms with E-state index >= 15 is 0 Å². The van der Waals surface area contributed by atoms with E-state index in [2.05, 4.69) is 21.2 Å². The van der Waals surface area contributed by atoms with Crippen molar-refractivity contribution in [3.8, 4) is 6.19 Å². The van der Waals surface area contributed by atoms with Crippen LogP contribution in [0.3, 0.4) is 0 Å². The highest BCUT2D eigenvalue weighted by Gasteiger charge is 1.98. The Hall–Kier alpha value is -1.08. The number of hydrogen-bond donors (Lipinski definition) is 1. The summed E-state index contributed by atoms with van der Waals surface area (Å²) in [5, 5.41) is 10.6. The maximum absolute atomic E-state index is 12.6. The van der Waals surface area contributed by atoms with Gasteiger partial charge in [-0.1, -0.05) is 0 Å². The van der Waals surface area contributed by atoms with Gasteiger partial charge in [0.05, 0.1) is 4.47 Å². The van der Waals surface area contributed by atoms with Crippen LogP contribution >= 0.6 is 15.9 Å². The largest absolute Gasteiger partial charge is 0.293 e. The fraction of sp³-hybridized carbons (Fsp3) is 0. The third kappa shape index (κ3) is 1.92. The first-order valence-electron chi connectivity index (χ1n) is 2.84. The zero-order chi connectivity index (χ0) is 8.27. The fourth-order valence-corrected chi connectivity index (χ4v) is 1.02. The first kappa shape index (κ1) is 8.02. The minimum atomic E-state index is -0.339. The van der Waals surface area contributed by atoms with Gasteiger partial charge in [-0.2, -0.15) is 5.26 Å². The highest BCUT2D eigenvalue weighted by atomic mass is 79.9. The number of anilines is 1. The molecule has 0 aromatic heterocycles. The van der Waals surface area contributed by atoms with Crippen LogP contribution in [-0.4, -0.2) is 0 Å². The highest BCUT2D eigenvalue weighted by molar-refractivity contribution is 9.10. The smallest absolute Gasteiger partial charge is 0.181 e. The molecule has 0 spiro atoms. The Labute approximate surface area is 71.8 Å². The van der Waals surface area contributed by atoms with E-state index in [0.717, 1.165) is 0 Å². The molecule has 0 aliphatic rings. The second-order valence-corrected chi connectivity index (χ2v) is 2.72. The summed E-state index contributed by atoms with van der Waals surface area (Å²) in [5.74, 6) is -0.339. The molecule has 1 aromatic carbocycles. The summed E-state index contributed by atoms with van der Waals surface area (Å²) >= 11 is 2.99. The third-order valence-electron chi connectivity index (χ3n) is 1.12. The van der Waals surface area contributed by atoms with Crippen molar-refractivity contribution >= 4 is 21.6 Å². The van der Waals surface area contributed by atoms with Crippen LogP contribution in [0.1, 0.15) is 0 Å². The predicted octanol–water partition coefficient (Wildman–Crippen LogP) is 2.48. The number of nitriles is 1. The van der Waals surface area contributed by atoms with Gasteiger partial charge in [0.2, 0.25) is 0 Å². The highest BCUT2D eigenvalue weighted by Crippen LogP contribution is 2.19. The molecule has 0 bridgehead atoms. The zero-order valence-corrected chi connectivity index (χ0v) is 7.02. The van der Waals surface area contributed by atoms with Gasteiger partial charge in [0.15, 0.2) is 6.19 Å². The van der Waals surface area contributed by atoms with Gasteiger partial charge < -0.3 is 0 Å². The number of benzene rings is 1. The number of nitrogens with zero attached hydrogens (tertiary/aromatic N) is 1. The molecule has 4 heteroatoms. The number of nitrogens with one attached hydrogen (secondary N) is 1. The standard InChI is InChI=1S/C7H4BrFN2/c8-6-3-5(11-4-10)1-2-7(6)9/h1-3,11H. The summed E-state index contributed by atoms with van der Waals surface area (Å²) in [6, 6.07) is 4.27. The van der Waals surface area contributed by atoms with Gasteiger partial charge in [-0.3, -0.25) is 5.32 Å². The van der Waals surface area contributed by atoms with Gasteiger partial charge in [-0.15, -0.1) is 0 Å². The average Bonchev–Trinajstić information content (AvgIpc) is 1.98. The minimum absolute atomic E-state index is 0.339. The first-order valence-corrected chi connectivity index (χ1v) is 3.63. The SMILES string of the molecule is N#CNc1ccc(F)c(Br)c1. The number of rotatable bonds is 1. The molecule has 0 fully saturated rings. The van der Waals surface area contributed by atoms with Gasteiger partial charge in [-0.05, 0) is 34.1 Å². The van der Waals surface area contributed by atoms with Crippen LogP contribution in [0.2, 0.25) is 0 Å². The van der Waals surface area contributed by atoms with Crippen molar-refractivity contribution in [1.82, 2.24) is 0 Å². The maximum atomic E-state index is 12.6. The van der Waals surface area contributed by atoms with E-state index in [1.807, 2.05) is 0 Å². The Balaban J connectivity index is 2.98. The minimum Gasteiger partial charge on any atom is -0.293 e. The first-order chi connectivity index (χ1) is 5.24. The van der Waals surface area contributed by atoms with Crippen LogP contribution < -0.4 is 5.32 Å². The van der Waals surface area contributed by atoms with Crippen molar-refractivity contribution < 1.29 is 4.39 Å². The van der Waals surface area contributed by atoms with E-state index in [1.54, 1.807) is 6.19 Å². The summed E-state index contributed by atoms with van der Waals surface area (Å²) < 4.78 is 12.9. The fourth-order valence-electron chi connectivity index (χ4n) is 0.638. The third-order valence-corrected chi connectivity index (χ3v) is 1.73. The summed E-state index contributed by atoms with van der Waals surface area (Å²) in [6.07, 6.45) is 1.74. The lowest BCUT2D eigenvalue weighted by Crippen LogP contribution is -1.87. The predicted molar refractivity (Wildman–Crippen MR) is 43.3 cm³/mol. The van der Waals surface area contributed by atoms with Crippen molar-refractivity contribution in [3.05, 3.63) is 28.5 Å². The van der Waals surface area contributed by atoms with Gasteiger partial charge in [0.25, 0.3) is 0 Å². The Bertz CT molecular complexity index is 306. The van der Waals surface area contributed by atoms with Crippen molar-refractivity contribution in [2.24, 2.45) is 0 Å². The van der Waals surface area contributed by atoms with E-state index in [0.29, 0.717) is 10.2 Å². The summed E-state index contributed by atoms with van der Waals surface area (Å²) in [5.41, 5.74) is 0.570. The van der Waals surface area contributed by atoms with Crippen LogP contribution in [0.5, 0.6) is 0 Å². The Morgan fingerprint density at radius 2 is 2.27 bits per heavy atom. The molecular formula is C7H4BrFN2. The number of hydrogen-bond acceptors (Lipinski definition) is 2. The van der Waals surface area contributed by atoms with Crippen LogP contribution in [0.25, 0.3) is 0 Å². The van der Waals surface area contributed by atoms with Crippen molar-refractivity contribution in [1.29, 1.82) is 5.26 Å². The van der Waals surface area contributed by atoms with E-state index in [1.165, 1.54) is 18.2 Å². The molecule has 1 aromatic rings. The maximum Gasteiger partial charge on any atom is 0.181 e. The van der Waals surface area contributed by atoms with Crippen LogP contribution in [0.15, 0.2) is 22.7 Å². The Morgan fingerprint density at radius 1 is 1.55 bits per heavy atom. The molecule has 1 rings (SSSR count). The molecular weight excluding hydrogens is 211 g/mol. The van der Waals surface area contributed by atoms with E-state index in [4.69, 9.17) is 5.26 Å². The molecule has 0 unspecified atom stereocenters. The van der Waals surface area contributed by atoms with Crippen molar-refractivity contribution in [2.75, 3.05) is 5.32 Å². The second-order valence-electron chi connectivity index (χ2n) is 1.87. The molecule has 0 saturated carbocycles. The molecule has 0 saturated heterocycles. The molecule has 0 atom stereocenters. The second kappa shape index (κ2) is 3.35. The zero-order valence-electron chi connectivity index (χ0n) is 5.44. The van der Waals surface area contributed by atoms with Crippen molar-refractivity contribution in [3.63, 3.8) is 0 Å². The van der Waals surface area contributed by atoms with E-state index in [9.17, 15) is 4.39 Å². The van der Waals surface area contributed by atoms with Gasteiger partial charge >= 0.3 is 0 Å². The summed E-state index contributed by atoms with van der Waals surface area (Å²) in [4.78, 5) is 0. The molecule has 0 aliphatic carbocycles. The molecule has 11 heavy (non-hydrogen) atoms. The van der Waals surface area contributed by atoms with E-state index in [-0.39, 0.29) is 5.82 Å². The Morgan fingerprint density at radius 3 is 2.82 bits per heavy atom. The molecule has 2 nitrogen and oxygen atoms in total. The van der Waals surface area contributed by atoms with Crippen LogP contribution in [-0.2, 0) is 0 Å². The number of halogens is 2. The molecule has 56 valence electrons. The molecule has 0 radical (unpaired) electrons. The molecule has 0 amide bonds. The summed E-state index contributed by atoms with van der Waals surface area (Å²) in [7, 11) is 0. The lowest BCUT2D eigenvalue weighted by Gasteiger charge is -1.97. The van der Waals surface area contributed by atoms with Gasteiger partial charge in [0.1, 0.15) is 5.82 Å². The normalized spacial score (nSPS) is 8.82. The van der Waals surface area contributed by atoms with Crippen molar-refractivity contribution in [2.45, 2.75) is 0 Å². The lowest BCUT2D eigenvalue weighted by molar-refractivity contribution is 0.621. The average molecular weight is 215 g/mol. The molecule has 0 aliphatic heterocycles. The van der Waals surface area contributed by atoms with Gasteiger partial charge in [0, 0.05) is 5.69 Å². The van der Waals surface area contributed by atoms with E-state index < -0.39 is 0 Å². The van der Waals surface area contributed by atoms with Gasteiger partial charge in [-0.25, -0.2) is 4.39 Å². The topological polar surface area (TPSA) is 35.8 Å². The molecule has 1 N–H and O–H groups in total.